The fraction of sp³-hybridized carbons (Fsp3) is 0. The third kappa shape index (κ3) is 8.73. The minimum atomic E-state index is -6.00. The Labute approximate surface area is 66.4 Å². The number of halogens is 4. The van der Waals surface area contributed by atoms with E-state index in [2.05, 4.69) is 16.8 Å². The number of hydrogen-bond acceptors (Lipinski definition) is 0. The number of aromatic nitrogens is 2. The molecular formula is C5H7BF4N2. The average Bonchev–Trinajstić information content (AvgIpc) is 2.33. The molecule has 0 aliphatic heterocycles. The van der Waals surface area contributed by atoms with E-state index in [4.69, 9.17) is 0 Å². The van der Waals surface area contributed by atoms with Crippen molar-refractivity contribution in [3.05, 3.63) is 24.5 Å². The molecule has 2 N–H and O–H groups in total. The molecule has 2 nitrogen and oxygen atoms in total. The van der Waals surface area contributed by atoms with Gasteiger partial charge in [0.25, 0.3) is 0 Å². The van der Waals surface area contributed by atoms with E-state index in [9.17, 15) is 17.3 Å². The molecule has 0 radical (unpaired) electrons. The lowest BCUT2D eigenvalue weighted by molar-refractivity contribution is -0.449. The quantitative estimate of drug-likeness (QED) is 0.506. The maximum absolute atomic E-state index is 9.75. The fourth-order valence-corrected chi connectivity index (χ4v) is 0.417. The lowest BCUT2D eigenvalue weighted by Gasteiger charge is -1.94. The van der Waals surface area contributed by atoms with Crippen molar-refractivity contribution in [3.63, 3.8) is 0 Å². The summed E-state index contributed by atoms with van der Waals surface area (Å²) in [5.41, 5.74) is 1.01. The molecule has 0 aliphatic carbocycles. The monoisotopic (exact) mass is 182 g/mol. The van der Waals surface area contributed by atoms with Crippen molar-refractivity contribution in [2.75, 3.05) is 0 Å². The molecule has 0 unspecified atom stereocenters. The van der Waals surface area contributed by atoms with Crippen molar-refractivity contribution in [3.8, 4) is 0 Å². The number of nitrogens with one attached hydrogen (secondary N) is 2. The van der Waals surface area contributed by atoms with E-state index in [0.717, 1.165) is 5.69 Å². The van der Waals surface area contributed by atoms with Gasteiger partial charge in [0.2, 0.25) is 0 Å². The predicted molar refractivity (Wildman–Crippen MR) is 37.6 cm³/mol. The standard InChI is InChI=1S/C5H6N2.BF4/c1-2-5-3-4-6-7-5;2-1(3,4)5/h2-4H,1H2,(H,6,7);/q;-1/p+1. The van der Waals surface area contributed by atoms with Crippen molar-refractivity contribution in [1.29, 1.82) is 0 Å². The Kier molecular flexibility index (Phi) is 4.10. The Balaban J connectivity index is 0.000000217. The first kappa shape index (κ1) is 10.7. The highest BCUT2D eigenvalue weighted by Crippen LogP contribution is 2.06. The molecular weight excluding hydrogens is 175 g/mol. The number of aromatic amines is 2. The lowest BCUT2D eigenvalue weighted by Crippen LogP contribution is -2.02. The molecule has 1 rings (SSSR count). The van der Waals surface area contributed by atoms with E-state index in [1.54, 1.807) is 6.08 Å². The Bertz CT molecular complexity index is 212. The highest BCUT2D eigenvalue weighted by molar-refractivity contribution is 6.50. The minimum Gasteiger partial charge on any atom is -0.418 e. The highest BCUT2D eigenvalue weighted by atomic mass is 19.5. The highest BCUT2D eigenvalue weighted by Gasteiger charge is 2.20. The van der Waals surface area contributed by atoms with Gasteiger partial charge < -0.3 is 17.3 Å². The average molecular weight is 182 g/mol. The van der Waals surface area contributed by atoms with Crippen LogP contribution in [0.5, 0.6) is 0 Å². The Morgan fingerprint density at radius 3 is 2.08 bits per heavy atom. The normalized spacial score (nSPS) is 10.0. The van der Waals surface area contributed by atoms with Gasteiger partial charge in [0, 0.05) is 6.07 Å². The molecule has 7 heteroatoms. The molecule has 1 heterocycles. The summed E-state index contributed by atoms with van der Waals surface area (Å²) in [7, 11) is -6.00. The van der Waals surface area contributed by atoms with E-state index in [0.29, 0.717) is 0 Å². The van der Waals surface area contributed by atoms with E-state index < -0.39 is 7.25 Å². The van der Waals surface area contributed by atoms with Gasteiger partial charge in [0.1, 0.15) is 5.69 Å². The van der Waals surface area contributed by atoms with Crippen LogP contribution in [0, 0.1) is 0 Å². The molecule has 0 fully saturated rings. The molecule has 0 aromatic carbocycles. The van der Waals surface area contributed by atoms with Crippen LogP contribution in [0.15, 0.2) is 18.8 Å². The van der Waals surface area contributed by atoms with Crippen LogP contribution in [0.1, 0.15) is 5.69 Å². The van der Waals surface area contributed by atoms with Gasteiger partial charge >= 0.3 is 7.25 Å². The zero-order chi connectivity index (χ0) is 9.61. The lowest BCUT2D eigenvalue weighted by atomic mass is 10.3. The summed E-state index contributed by atoms with van der Waals surface area (Å²) in [5.74, 6) is 0. The van der Waals surface area contributed by atoms with Crippen LogP contribution in [0.4, 0.5) is 17.3 Å². The zero-order valence-corrected chi connectivity index (χ0v) is 6.03. The first-order chi connectivity index (χ1) is 5.43. The third-order valence-electron chi connectivity index (χ3n) is 0.783. The maximum Gasteiger partial charge on any atom is 0.673 e. The Hall–Kier alpha value is -1.27. The van der Waals surface area contributed by atoms with Crippen molar-refractivity contribution in [1.82, 2.24) is 5.10 Å². The number of hydrogen-bond donors (Lipinski definition) is 1. The van der Waals surface area contributed by atoms with E-state index >= 15 is 0 Å². The topological polar surface area (TPSA) is 29.9 Å². The smallest absolute Gasteiger partial charge is 0.418 e. The van der Waals surface area contributed by atoms with Gasteiger partial charge in [-0.2, -0.15) is 5.10 Å². The minimum absolute atomic E-state index is 1.01. The van der Waals surface area contributed by atoms with Crippen LogP contribution in [0.2, 0.25) is 0 Å². The number of H-pyrrole nitrogens is 2. The zero-order valence-electron chi connectivity index (χ0n) is 6.03. The molecule has 1 aromatic heterocycles. The Morgan fingerprint density at radius 2 is 1.92 bits per heavy atom. The van der Waals surface area contributed by atoms with E-state index in [1.165, 1.54) is 0 Å². The summed E-state index contributed by atoms with van der Waals surface area (Å²) in [4.78, 5) is 0. The van der Waals surface area contributed by atoms with Crippen LogP contribution in [0.25, 0.3) is 6.08 Å². The maximum atomic E-state index is 9.75. The summed E-state index contributed by atoms with van der Waals surface area (Å²) >= 11 is 0. The van der Waals surface area contributed by atoms with Crippen LogP contribution in [-0.4, -0.2) is 12.4 Å². The second-order valence-corrected chi connectivity index (χ2v) is 1.76. The largest absolute Gasteiger partial charge is 0.673 e. The van der Waals surface area contributed by atoms with Gasteiger partial charge in [-0.25, -0.2) is 0 Å². The van der Waals surface area contributed by atoms with Crippen molar-refractivity contribution >= 4 is 13.3 Å². The van der Waals surface area contributed by atoms with Crippen LogP contribution in [0.3, 0.4) is 0 Å². The molecule has 0 amide bonds. The first-order valence-corrected chi connectivity index (χ1v) is 2.98. The third-order valence-corrected chi connectivity index (χ3v) is 0.783. The van der Waals surface area contributed by atoms with E-state index in [1.807, 2.05) is 12.3 Å². The SMILES string of the molecule is C=Cc1cc[nH+][nH]1.F[B-](F)(F)F. The predicted octanol–water partition coefficient (Wildman–Crippen LogP) is 1.77. The van der Waals surface area contributed by atoms with Crippen LogP contribution < -0.4 is 5.10 Å². The van der Waals surface area contributed by atoms with Crippen molar-refractivity contribution in [2.45, 2.75) is 0 Å². The summed E-state index contributed by atoms with van der Waals surface area (Å²) < 4.78 is 39.0. The summed E-state index contributed by atoms with van der Waals surface area (Å²) in [5, 5.41) is 5.63. The fourth-order valence-electron chi connectivity index (χ4n) is 0.417. The molecule has 0 atom stereocenters. The molecule has 0 spiro atoms. The second-order valence-electron chi connectivity index (χ2n) is 1.76. The molecule has 68 valence electrons. The summed E-state index contributed by atoms with van der Waals surface area (Å²) in [6.45, 7) is 3.55. The molecule has 0 bridgehead atoms. The van der Waals surface area contributed by atoms with Gasteiger partial charge in [0.05, 0.1) is 0 Å². The van der Waals surface area contributed by atoms with Gasteiger partial charge in [-0.05, 0) is 6.08 Å². The summed E-state index contributed by atoms with van der Waals surface area (Å²) in [6, 6.07) is 1.91. The molecule has 1 aromatic rings. The summed E-state index contributed by atoms with van der Waals surface area (Å²) in [6.07, 6.45) is 3.56. The molecule has 0 saturated carbocycles. The Morgan fingerprint density at radius 1 is 1.42 bits per heavy atom. The van der Waals surface area contributed by atoms with Gasteiger partial charge in [-0.3, -0.25) is 0 Å². The molecule has 12 heavy (non-hydrogen) atoms. The van der Waals surface area contributed by atoms with E-state index in [-0.39, 0.29) is 0 Å². The number of rotatable bonds is 1. The van der Waals surface area contributed by atoms with Crippen LogP contribution >= 0.6 is 0 Å². The molecule has 0 saturated heterocycles. The van der Waals surface area contributed by atoms with Crippen molar-refractivity contribution in [2.24, 2.45) is 0 Å². The second kappa shape index (κ2) is 4.58. The van der Waals surface area contributed by atoms with Crippen LogP contribution in [-0.2, 0) is 0 Å². The van der Waals surface area contributed by atoms with Gasteiger partial charge in [-0.15, -0.1) is 5.10 Å². The van der Waals surface area contributed by atoms with Crippen molar-refractivity contribution < 1.29 is 22.4 Å². The van der Waals surface area contributed by atoms with Gasteiger partial charge in [0.15, 0.2) is 6.20 Å². The first-order valence-electron chi connectivity index (χ1n) is 2.98. The molecule has 0 aliphatic rings. The van der Waals surface area contributed by atoms with Gasteiger partial charge in [-0.1, -0.05) is 6.58 Å².